The number of piperidine rings is 1. The van der Waals surface area contributed by atoms with Gasteiger partial charge in [-0.05, 0) is 67.0 Å². The molecule has 1 N–H and O–H groups in total. The molecule has 0 spiro atoms. The molecule has 1 fully saturated rings. The molecule has 10 heteroatoms. The molecule has 7 nitrogen and oxygen atoms in total. The van der Waals surface area contributed by atoms with Crippen molar-refractivity contribution in [3.63, 3.8) is 0 Å². The van der Waals surface area contributed by atoms with Crippen LogP contribution in [0.3, 0.4) is 0 Å². The second-order valence-electron chi connectivity index (χ2n) is 9.74. The molecule has 0 unspecified atom stereocenters. The Morgan fingerprint density at radius 1 is 1.21 bits per heavy atom. The molecule has 4 aromatic rings. The number of methoxy groups -OCH3 is 1. The number of aryl methyl sites for hydroxylation is 1. The molecule has 1 aliphatic rings. The number of β-amino-alcohol motifs (C(OH)–C–C–N with tert-alkyl or cyclic N) is 1. The van der Waals surface area contributed by atoms with Crippen molar-refractivity contribution in [2.75, 3.05) is 38.1 Å². The highest BCUT2D eigenvalue weighted by Gasteiger charge is 2.31. The van der Waals surface area contributed by atoms with E-state index in [1.165, 1.54) is 24.9 Å². The monoisotopic (exact) mass is 540 g/mol. The number of benzene rings is 2. The van der Waals surface area contributed by atoms with Crippen LogP contribution in [-0.4, -0.2) is 58.9 Å². The van der Waals surface area contributed by atoms with Crippen LogP contribution in [0.4, 0.5) is 14.6 Å². The van der Waals surface area contributed by atoms with Gasteiger partial charge in [0.2, 0.25) is 0 Å². The van der Waals surface area contributed by atoms with Gasteiger partial charge in [-0.2, -0.15) is 0 Å². The van der Waals surface area contributed by atoms with Crippen LogP contribution in [0.2, 0.25) is 0 Å². The zero-order valence-corrected chi connectivity index (χ0v) is 22.7. The number of pyridine rings is 1. The lowest BCUT2D eigenvalue weighted by molar-refractivity contribution is 0.0447. The Morgan fingerprint density at radius 3 is 2.74 bits per heavy atom. The summed E-state index contributed by atoms with van der Waals surface area (Å²) in [6.45, 7) is 4.72. The minimum Gasteiger partial charge on any atom is -0.468 e. The molecule has 2 aromatic heterocycles. The lowest BCUT2D eigenvalue weighted by Crippen LogP contribution is -2.46. The number of hydrogen-bond acceptors (Lipinski definition) is 8. The van der Waals surface area contributed by atoms with Gasteiger partial charge in [-0.25, -0.2) is 18.7 Å². The predicted molar refractivity (Wildman–Crippen MR) is 146 cm³/mol. The molecule has 0 bridgehead atoms. The number of aromatic nitrogens is 3. The summed E-state index contributed by atoms with van der Waals surface area (Å²) >= 11 is 1.31. The van der Waals surface area contributed by atoms with Crippen molar-refractivity contribution >= 4 is 39.3 Å². The Labute approximate surface area is 224 Å². The zero-order valence-electron chi connectivity index (χ0n) is 21.8. The quantitative estimate of drug-likeness (QED) is 0.181. The first-order valence-corrected chi connectivity index (χ1v) is 13.7. The average molecular weight is 541 g/mol. The van der Waals surface area contributed by atoms with Crippen molar-refractivity contribution < 1.29 is 23.4 Å². The summed E-state index contributed by atoms with van der Waals surface area (Å²) in [5.74, 6) is 0.00815. The fourth-order valence-electron chi connectivity index (χ4n) is 5.17. The van der Waals surface area contributed by atoms with Crippen LogP contribution >= 0.6 is 11.8 Å². The van der Waals surface area contributed by atoms with Crippen molar-refractivity contribution in [1.82, 2.24) is 15.0 Å². The van der Waals surface area contributed by atoms with E-state index in [4.69, 9.17) is 9.47 Å². The van der Waals surface area contributed by atoms with E-state index in [9.17, 15) is 9.50 Å². The van der Waals surface area contributed by atoms with Crippen LogP contribution in [-0.2, 0) is 11.2 Å². The Hall–Kier alpha value is -3.08. The molecule has 0 amide bonds. The summed E-state index contributed by atoms with van der Waals surface area (Å²) in [7, 11) is 1.51. The van der Waals surface area contributed by atoms with Crippen LogP contribution in [0, 0.1) is 11.6 Å². The standard InChI is InChI=1S/C28H30F2N4O3S/c1-5-18-21(29)8-7-16-11-17(37-15-36-3)12-19(22(16)18)24-23(30)25-20(13-31-24)26(33-27(32-25)38-4)34-10-6-9-28(2,35)14-34/h7-8,11-13,35H,5-6,9-10,14-15H2,1-4H3/t28-/m1/s1. The molecular formula is C28H30F2N4O3S. The highest BCUT2D eigenvalue weighted by atomic mass is 32.2. The van der Waals surface area contributed by atoms with E-state index in [1.807, 2.05) is 18.1 Å². The summed E-state index contributed by atoms with van der Waals surface area (Å²) < 4.78 is 42.0. The molecule has 200 valence electrons. The highest BCUT2D eigenvalue weighted by Crippen LogP contribution is 2.39. The molecule has 1 atom stereocenters. The van der Waals surface area contributed by atoms with E-state index in [0.717, 1.165) is 6.42 Å². The third-order valence-electron chi connectivity index (χ3n) is 6.89. The number of aliphatic hydroxyl groups is 1. The van der Waals surface area contributed by atoms with Crippen LogP contribution in [0.25, 0.3) is 32.9 Å². The Morgan fingerprint density at radius 2 is 2.03 bits per heavy atom. The predicted octanol–water partition coefficient (Wildman–Crippen LogP) is 5.74. The van der Waals surface area contributed by atoms with E-state index in [2.05, 4.69) is 15.0 Å². The molecular weight excluding hydrogens is 510 g/mol. The minimum absolute atomic E-state index is 0.00763. The van der Waals surface area contributed by atoms with E-state index in [1.54, 1.807) is 31.3 Å². The number of ether oxygens (including phenoxy) is 2. The maximum atomic E-state index is 16.4. The topological polar surface area (TPSA) is 80.6 Å². The number of hydrogen-bond donors (Lipinski definition) is 1. The third-order valence-corrected chi connectivity index (χ3v) is 7.44. The second-order valence-corrected chi connectivity index (χ2v) is 10.5. The molecule has 2 aromatic carbocycles. The molecule has 38 heavy (non-hydrogen) atoms. The first kappa shape index (κ1) is 26.5. The molecule has 5 rings (SSSR count). The van der Waals surface area contributed by atoms with Crippen LogP contribution in [0.15, 0.2) is 35.6 Å². The van der Waals surface area contributed by atoms with Gasteiger partial charge in [0.15, 0.2) is 17.8 Å². The molecule has 0 saturated carbocycles. The van der Waals surface area contributed by atoms with Crippen LogP contribution in [0.1, 0.15) is 32.3 Å². The third kappa shape index (κ3) is 4.88. The van der Waals surface area contributed by atoms with E-state index in [0.29, 0.717) is 69.9 Å². The van der Waals surface area contributed by atoms with Crippen LogP contribution in [0.5, 0.6) is 5.75 Å². The first-order chi connectivity index (χ1) is 18.3. The van der Waals surface area contributed by atoms with Gasteiger partial charge in [0.1, 0.15) is 28.6 Å². The highest BCUT2D eigenvalue weighted by molar-refractivity contribution is 7.98. The Balaban J connectivity index is 1.76. The molecule has 0 aliphatic carbocycles. The summed E-state index contributed by atoms with van der Waals surface area (Å²) in [4.78, 5) is 15.7. The second kappa shape index (κ2) is 10.6. The van der Waals surface area contributed by atoms with Gasteiger partial charge in [0.05, 0.1) is 11.0 Å². The van der Waals surface area contributed by atoms with E-state index < -0.39 is 11.4 Å². The van der Waals surface area contributed by atoms with Gasteiger partial charge in [0.25, 0.3) is 0 Å². The zero-order chi connectivity index (χ0) is 27.0. The molecule has 1 saturated heterocycles. The van der Waals surface area contributed by atoms with Crippen molar-refractivity contribution in [2.24, 2.45) is 0 Å². The normalized spacial score (nSPS) is 17.9. The van der Waals surface area contributed by atoms with Gasteiger partial charge >= 0.3 is 0 Å². The number of fused-ring (bicyclic) bond motifs is 2. The SMILES string of the molecule is CCc1c(F)ccc2cc(OCOC)cc(-c3ncc4c(N5CCC[C@@](C)(O)C5)nc(SC)nc4c3F)c12. The van der Waals surface area contributed by atoms with Gasteiger partial charge < -0.3 is 19.5 Å². The maximum Gasteiger partial charge on any atom is 0.189 e. The first-order valence-electron chi connectivity index (χ1n) is 12.5. The largest absolute Gasteiger partial charge is 0.468 e. The van der Waals surface area contributed by atoms with Crippen molar-refractivity contribution in [1.29, 1.82) is 0 Å². The molecule has 1 aliphatic heterocycles. The fraction of sp³-hybridized carbons (Fsp3) is 0.393. The Kier molecular flexibility index (Phi) is 7.39. The number of rotatable bonds is 7. The minimum atomic E-state index is -0.872. The smallest absolute Gasteiger partial charge is 0.189 e. The van der Waals surface area contributed by atoms with Crippen LogP contribution < -0.4 is 9.64 Å². The lowest BCUT2D eigenvalue weighted by atomic mass is 9.94. The van der Waals surface area contributed by atoms with Crippen molar-refractivity contribution in [3.8, 4) is 17.0 Å². The summed E-state index contributed by atoms with van der Waals surface area (Å²) in [6, 6.07) is 6.51. The maximum absolute atomic E-state index is 16.4. The average Bonchev–Trinajstić information content (AvgIpc) is 2.91. The number of anilines is 1. The Bertz CT molecular complexity index is 1520. The number of nitrogens with zero attached hydrogens (tertiary/aromatic N) is 4. The van der Waals surface area contributed by atoms with Gasteiger partial charge in [0, 0.05) is 32.0 Å². The van der Waals surface area contributed by atoms with Gasteiger partial charge in [-0.1, -0.05) is 24.8 Å². The lowest BCUT2D eigenvalue weighted by Gasteiger charge is -2.38. The van der Waals surface area contributed by atoms with Crippen molar-refractivity contribution in [3.05, 3.63) is 47.7 Å². The summed E-state index contributed by atoms with van der Waals surface area (Å²) in [5.41, 5.74) is 0.189. The van der Waals surface area contributed by atoms with Crippen molar-refractivity contribution in [2.45, 2.75) is 43.9 Å². The van der Waals surface area contributed by atoms with E-state index >= 15 is 4.39 Å². The fourth-order valence-corrected chi connectivity index (χ4v) is 5.53. The molecule has 0 radical (unpaired) electrons. The summed E-state index contributed by atoms with van der Waals surface area (Å²) in [5, 5.41) is 12.8. The molecule has 3 heterocycles. The number of halogens is 2. The van der Waals surface area contributed by atoms with Gasteiger partial charge in [-0.15, -0.1) is 0 Å². The van der Waals surface area contributed by atoms with Gasteiger partial charge in [-0.3, -0.25) is 4.98 Å². The number of thioether (sulfide) groups is 1. The summed E-state index contributed by atoms with van der Waals surface area (Å²) in [6.07, 6.45) is 5.28. The van der Waals surface area contributed by atoms with E-state index in [-0.39, 0.29) is 23.8 Å².